The zero-order chi connectivity index (χ0) is 16.5. The van der Waals surface area contributed by atoms with E-state index in [0.717, 1.165) is 21.9 Å². The van der Waals surface area contributed by atoms with E-state index in [1.165, 1.54) is 29.5 Å². The molecule has 1 aromatic carbocycles. The third kappa shape index (κ3) is 2.57. The Morgan fingerprint density at radius 1 is 1.25 bits per heavy atom. The van der Waals surface area contributed by atoms with Crippen molar-refractivity contribution in [1.29, 1.82) is 0 Å². The van der Waals surface area contributed by atoms with E-state index in [4.69, 9.17) is 0 Å². The van der Waals surface area contributed by atoms with Crippen LogP contribution in [-0.4, -0.2) is 20.2 Å². The minimum absolute atomic E-state index is 0.116. The summed E-state index contributed by atoms with van der Waals surface area (Å²) in [6.07, 6.45) is 6.87. The van der Waals surface area contributed by atoms with Crippen LogP contribution in [0.5, 0.6) is 0 Å². The second-order valence-electron chi connectivity index (χ2n) is 5.19. The maximum atomic E-state index is 13.2. The molecule has 0 radical (unpaired) electrons. The van der Waals surface area contributed by atoms with Gasteiger partial charge in [-0.2, -0.15) is 0 Å². The Labute approximate surface area is 140 Å². The van der Waals surface area contributed by atoms with E-state index in [2.05, 4.69) is 9.97 Å². The first-order chi connectivity index (χ1) is 11.7. The van der Waals surface area contributed by atoms with E-state index in [1.807, 2.05) is 16.0 Å². The molecular formula is C18H12FN3OS. The highest BCUT2D eigenvalue weighted by Gasteiger charge is 2.13. The van der Waals surface area contributed by atoms with Crippen molar-refractivity contribution in [2.24, 2.45) is 0 Å². The van der Waals surface area contributed by atoms with Crippen molar-refractivity contribution in [2.75, 3.05) is 0 Å². The molecule has 4 aromatic rings. The molecule has 0 atom stereocenters. The Bertz CT molecular complexity index is 1030. The van der Waals surface area contributed by atoms with E-state index < -0.39 is 0 Å². The molecule has 4 rings (SSSR count). The van der Waals surface area contributed by atoms with Crippen LogP contribution in [0.15, 0.2) is 60.2 Å². The number of ketones is 1. The number of rotatable bonds is 4. The summed E-state index contributed by atoms with van der Waals surface area (Å²) in [7, 11) is 0. The van der Waals surface area contributed by atoms with Crippen molar-refractivity contribution >= 4 is 28.2 Å². The third-order valence-electron chi connectivity index (χ3n) is 3.67. The molecule has 0 saturated heterocycles. The van der Waals surface area contributed by atoms with Gasteiger partial charge in [-0.3, -0.25) is 9.20 Å². The highest BCUT2D eigenvalue weighted by atomic mass is 32.1. The Hall–Kier alpha value is -2.99. The average Bonchev–Trinajstić information content (AvgIpc) is 3.31. The van der Waals surface area contributed by atoms with Crippen LogP contribution in [-0.2, 0) is 0 Å². The molecule has 0 bridgehead atoms. The summed E-state index contributed by atoms with van der Waals surface area (Å²) in [4.78, 5) is 20.5. The minimum atomic E-state index is -0.293. The van der Waals surface area contributed by atoms with Gasteiger partial charge in [-0.25, -0.2) is 9.37 Å². The lowest BCUT2D eigenvalue weighted by molar-refractivity contribution is 0.104. The third-order valence-corrected chi connectivity index (χ3v) is 4.43. The van der Waals surface area contributed by atoms with E-state index in [1.54, 1.807) is 36.5 Å². The fourth-order valence-electron chi connectivity index (χ4n) is 2.51. The zero-order valence-electron chi connectivity index (χ0n) is 12.4. The summed E-state index contributed by atoms with van der Waals surface area (Å²) in [6.45, 7) is 0. The van der Waals surface area contributed by atoms with Crippen LogP contribution >= 0.6 is 11.3 Å². The Kier molecular flexibility index (Phi) is 3.59. The molecule has 1 N–H and O–H groups in total. The van der Waals surface area contributed by atoms with Crippen molar-refractivity contribution in [3.63, 3.8) is 0 Å². The summed E-state index contributed by atoms with van der Waals surface area (Å²) >= 11 is 1.50. The number of carbonyl (C=O) groups is 1. The van der Waals surface area contributed by atoms with Gasteiger partial charge in [0.2, 0.25) is 5.78 Å². The molecule has 0 fully saturated rings. The van der Waals surface area contributed by atoms with Gasteiger partial charge in [0, 0.05) is 23.3 Å². The maximum absolute atomic E-state index is 13.2. The summed E-state index contributed by atoms with van der Waals surface area (Å²) in [5, 5.41) is 1.93. The molecule has 0 aliphatic heterocycles. The summed E-state index contributed by atoms with van der Waals surface area (Å²) in [6, 6.07) is 9.68. The molecule has 4 nitrogen and oxygen atoms in total. The van der Waals surface area contributed by atoms with Crippen molar-refractivity contribution < 1.29 is 9.18 Å². The number of imidazole rings is 1. The van der Waals surface area contributed by atoms with Crippen LogP contribution in [0.25, 0.3) is 22.3 Å². The summed E-state index contributed by atoms with van der Waals surface area (Å²) in [5.41, 5.74) is 2.84. The number of hydrogen-bond donors (Lipinski definition) is 1. The van der Waals surface area contributed by atoms with Gasteiger partial charge >= 0.3 is 0 Å². The standard InChI is InChI=1S/C18H12FN3OS/c19-13-5-3-12(4-6-13)17-15(22-10-11-24-18(22)21-17)7-8-16(23)14-2-1-9-20-14/h1-11,20H. The number of H-pyrrole nitrogens is 1. The van der Waals surface area contributed by atoms with Crippen LogP contribution in [0.3, 0.4) is 0 Å². The predicted octanol–water partition coefficient (Wildman–Crippen LogP) is 4.43. The maximum Gasteiger partial charge on any atom is 0.202 e. The highest BCUT2D eigenvalue weighted by Crippen LogP contribution is 2.28. The fourth-order valence-corrected chi connectivity index (χ4v) is 3.23. The second kappa shape index (κ2) is 5.90. The van der Waals surface area contributed by atoms with Crippen molar-refractivity contribution in [3.05, 3.63) is 77.5 Å². The van der Waals surface area contributed by atoms with Gasteiger partial charge in [0.25, 0.3) is 0 Å². The first kappa shape index (κ1) is 14.6. The van der Waals surface area contributed by atoms with Crippen molar-refractivity contribution in [2.45, 2.75) is 0 Å². The van der Waals surface area contributed by atoms with Crippen LogP contribution in [0.4, 0.5) is 4.39 Å². The molecule has 0 aliphatic carbocycles. The number of halogens is 1. The molecule has 3 aromatic heterocycles. The summed E-state index contributed by atoms with van der Waals surface area (Å²) in [5.74, 6) is -0.408. The van der Waals surface area contributed by atoms with Gasteiger partial charge in [0.1, 0.15) is 5.82 Å². The largest absolute Gasteiger partial charge is 0.359 e. The number of benzene rings is 1. The first-order valence-corrected chi connectivity index (χ1v) is 8.17. The lowest BCUT2D eigenvalue weighted by Crippen LogP contribution is -1.94. The monoisotopic (exact) mass is 337 g/mol. The number of thiazole rings is 1. The van der Waals surface area contributed by atoms with Gasteiger partial charge in [0.05, 0.1) is 17.1 Å². The number of hydrogen-bond acceptors (Lipinski definition) is 3. The Morgan fingerprint density at radius 2 is 2.08 bits per heavy atom. The molecular weight excluding hydrogens is 325 g/mol. The SMILES string of the molecule is O=C(C=Cc1c(-c2ccc(F)cc2)nc2sccn12)c1ccc[nH]1. The molecule has 3 heterocycles. The molecule has 0 unspecified atom stereocenters. The number of nitrogens with one attached hydrogen (secondary N) is 1. The minimum Gasteiger partial charge on any atom is -0.359 e. The van der Waals surface area contributed by atoms with Gasteiger partial charge in [-0.15, -0.1) is 11.3 Å². The van der Waals surface area contributed by atoms with Gasteiger partial charge in [-0.1, -0.05) is 0 Å². The normalized spacial score (nSPS) is 11.5. The molecule has 118 valence electrons. The lowest BCUT2D eigenvalue weighted by atomic mass is 10.1. The molecule has 0 amide bonds. The van der Waals surface area contributed by atoms with Crippen molar-refractivity contribution in [1.82, 2.24) is 14.4 Å². The first-order valence-electron chi connectivity index (χ1n) is 7.29. The highest BCUT2D eigenvalue weighted by molar-refractivity contribution is 7.15. The molecule has 6 heteroatoms. The van der Waals surface area contributed by atoms with Crippen LogP contribution in [0, 0.1) is 5.82 Å². The van der Waals surface area contributed by atoms with Gasteiger partial charge in [0.15, 0.2) is 4.96 Å². The number of carbonyl (C=O) groups excluding carboxylic acids is 1. The zero-order valence-corrected chi connectivity index (χ0v) is 13.3. The molecule has 0 aliphatic rings. The number of nitrogens with zero attached hydrogens (tertiary/aromatic N) is 2. The van der Waals surface area contributed by atoms with Gasteiger partial charge in [-0.05, 0) is 48.6 Å². The lowest BCUT2D eigenvalue weighted by Gasteiger charge is -2.00. The number of aromatic amines is 1. The van der Waals surface area contributed by atoms with Crippen LogP contribution in [0.1, 0.15) is 16.2 Å². The topological polar surface area (TPSA) is 50.2 Å². The quantitative estimate of drug-likeness (QED) is 0.442. The van der Waals surface area contributed by atoms with E-state index in [9.17, 15) is 9.18 Å². The molecule has 24 heavy (non-hydrogen) atoms. The molecule has 0 saturated carbocycles. The second-order valence-corrected chi connectivity index (χ2v) is 6.06. The van der Waals surface area contributed by atoms with E-state index in [0.29, 0.717) is 5.69 Å². The smallest absolute Gasteiger partial charge is 0.202 e. The van der Waals surface area contributed by atoms with Crippen LogP contribution < -0.4 is 0 Å². The van der Waals surface area contributed by atoms with E-state index in [-0.39, 0.29) is 11.6 Å². The fraction of sp³-hybridized carbons (Fsp3) is 0. The Morgan fingerprint density at radius 3 is 2.83 bits per heavy atom. The summed E-state index contributed by atoms with van der Waals surface area (Å²) < 4.78 is 15.1. The Balaban J connectivity index is 1.78. The van der Waals surface area contributed by atoms with Crippen LogP contribution in [0.2, 0.25) is 0 Å². The van der Waals surface area contributed by atoms with E-state index >= 15 is 0 Å². The number of allylic oxidation sites excluding steroid dienone is 1. The molecule has 0 spiro atoms. The van der Waals surface area contributed by atoms with Gasteiger partial charge < -0.3 is 4.98 Å². The number of aromatic nitrogens is 3. The predicted molar refractivity (Wildman–Crippen MR) is 92.6 cm³/mol. The van der Waals surface area contributed by atoms with Crippen molar-refractivity contribution in [3.8, 4) is 11.3 Å². The average molecular weight is 337 g/mol. The number of fused-ring (bicyclic) bond motifs is 1.